The maximum atomic E-state index is 12.1. The average molecular weight is 285 g/mol. The van der Waals surface area contributed by atoms with E-state index < -0.39 is 18.4 Å². The van der Waals surface area contributed by atoms with Crippen molar-refractivity contribution >= 4 is 5.78 Å². The summed E-state index contributed by atoms with van der Waals surface area (Å²) in [5.41, 5.74) is 1.46. The monoisotopic (exact) mass is 285 g/mol. The van der Waals surface area contributed by atoms with E-state index in [1.807, 2.05) is 6.92 Å². The quantitative estimate of drug-likeness (QED) is 0.862. The third-order valence-corrected chi connectivity index (χ3v) is 2.62. The molecule has 0 saturated carbocycles. The first-order valence-corrected chi connectivity index (χ1v) is 5.77. The van der Waals surface area contributed by atoms with Crippen molar-refractivity contribution in [2.24, 2.45) is 0 Å². The molecule has 5 nitrogen and oxygen atoms in total. The number of carbonyl (C=O) groups excluding carboxylic acids is 1. The molecule has 0 atom stereocenters. The van der Waals surface area contributed by atoms with Gasteiger partial charge in [-0.3, -0.25) is 9.78 Å². The molecule has 0 fully saturated rings. The van der Waals surface area contributed by atoms with Crippen LogP contribution in [0, 0.1) is 0 Å². The Morgan fingerprint density at radius 3 is 2.80 bits per heavy atom. The average Bonchev–Trinajstić information content (AvgIpc) is 2.86. The molecule has 2 rings (SSSR count). The predicted octanol–water partition coefficient (Wildman–Crippen LogP) is 2.37. The number of aryl methyl sites for hydroxylation is 1. The molecule has 0 aromatic carbocycles. The van der Waals surface area contributed by atoms with Gasteiger partial charge in [0.15, 0.2) is 0 Å². The molecule has 0 saturated heterocycles. The van der Waals surface area contributed by atoms with Crippen LogP contribution in [0.5, 0.6) is 0 Å². The number of halogens is 3. The van der Waals surface area contributed by atoms with Crippen molar-refractivity contribution in [2.45, 2.75) is 25.9 Å². The van der Waals surface area contributed by atoms with E-state index in [1.165, 1.54) is 6.20 Å². The molecule has 0 amide bonds. The molecule has 0 aliphatic heterocycles. The lowest BCUT2D eigenvalue weighted by Crippen LogP contribution is -2.24. The van der Waals surface area contributed by atoms with Crippen molar-refractivity contribution in [1.29, 1.82) is 0 Å². The minimum Gasteiger partial charge on any atom is -0.338 e. The molecule has 0 spiro atoms. The molecule has 2 aromatic heterocycles. The number of hydrogen-bond donors (Lipinski definition) is 0. The Morgan fingerprint density at radius 2 is 2.15 bits per heavy atom. The summed E-state index contributed by atoms with van der Waals surface area (Å²) in [6.45, 7) is 1.90. The Kier molecular flexibility index (Phi) is 3.82. The van der Waals surface area contributed by atoms with Gasteiger partial charge >= 0.3 is 6.18 Å². The summed E-state index contributed by atoms with van der Waals surface area (Å²) in [5, 5.41) is 3.60. The van der Waals surface area contributed by atoms with Gasteiger partial charge in [0.1, 0.15) is 0 Å². The number of alkyl halides is 3. The molecule has 2 heterocycles. The summed E-state index contributed by atoms with van der Waals surface area (Å²) in [6.07, 6.45) is -2.06. The lowest BCUT2D eigenvalue weighted by Gasteiger charge is -2.01. The van der Waals surface area contributed by atoms with E-state index in [9.17, 15) is 18.0 Å². The van der Waals surface area contributed by atoms with Gasteiger partial charge in [0, 0.05) is 18.0 Å². The summed E-state index contributed by atoms with van der Waals surface area (Å²) >= 11 is 0. The highest BCUT2D eigenvalue weighted by Gasteiger charge is 2.39. The minimum atomic E-state index is -4.90. The highest BCUT2D eigenvalue weighted by molar-refractivity contribution is 5.85. The van der Waals surface area contributed by atoms with Crippen LogP contribution in [0.3, 0.4) is 0 Å². The van der Waals surface area contributed by atoms with E-state index in [0.717, 1.165) is 5.56 Å². The Bertz CT molecular complexity index is 622. The lowest BCUT2D eigenvalue weighted by molar-refractivity contribution is -0.170. The zero-order chi connectivity index (χ0) is 14.8. The fourth-order valence-corrected chi connectivity index (χ4v) is 1.60. The van der Waals surface area contributed by atoms with E-state index in [4.69, 9.17) is 0 Å². The smallest absolute Gasteiger partial charge is 0.338 e. The van der Waals surface area contributed by atoms with Crippen molar-refractivity contribution < 1.29 is 22.5 Å². The zero-order valence-electron chi connectivity index (χ0n) is 10.4. The first-order chi connectivity index (χ1) is 9.41. The van der Waals surface area contributed by atoms with E-state index in [1.54, 1.807) is 12.3 Å². The summed E-state index contributed by atoms with van der Waals surface area (Å²) in [7, 11) is 0. The first kappa shape index (κ1) is 14.2. The van der Waals surface area contributed by atoms with Crippen LogP contribution in [0.25, 0.3) is 11.4 Å². The maximum Gasteiger partial charge on any atom is 0.450 e. The fourth-order valence-electron chi connectivity index (χ4n) is 1.60. The van der Waals surface area contributed by atoms with Gasteiger partial charge in [-0.2, -0.15) is 18.2 Å². The predicted molar refractivity (Wildman–Crippen MR) is 61.7 cm³/mol. The van der Waals surface area contributed by atoms with Crippen molar-refractivity contribution in [1.82, 2.24) is 15.1 Å². The van der Waals surface area contributed by atoms with Gasteiger partial charge in [0.25, 0.3) is 0 Å². The number of hydrogen-bond acceptors (Lipinski definition) is 5. The van der Waals surface area contributed by atoms with Gasteiger partial charge in [0.05, 0.1) is 6.42 Å². The number of ketones is 1. The van der Waals surface area contributed by atoms with E-state index in [-0.39, 0.29) is 11.7 Å². The van der Waals surface area contributed by atoms with Crippen LogP contribution in [0.15, 0.2) is 23.0 Å². The number of aromatic nitrogens is 3. The fraction of sp³-hybridized carbons (Fsp3) is 0.333. The summed E-state index contributed by atoms with van der Waals surface area (Å²) < 4.78 is 41.1. The molecule has 0 N–H and O–H groups in total. The zero-order valence-corrected chi connectivity index (χ0v) is 10.4. The largest absolute Gasteiger partial charge is 0.450 e. The van der Waals surface area contributed by atoms with E-state index in [0.29, 0.717) is 12.0 Å². The van der Waals surface area contributed by atoms with Gasteiger partial charge < -0.3 is 4.52 Å². The Balaban J connectivity index is 2.23. The number of nitrogens with zero attached hydrogens (tertiary/aromatic N) is 3. The molecule has 0 aliphatic carbocycles. The van der Waals surface area contributed by atoms with Crippen molar-refractivity contribution in [2.75, 3.05) is 0 Å². The van der Waals surface area contributed by atoms with Crippen LogP contribution in [0.2, 0.25) is 0 Å². The van der Waals surface area contributed by atoms with Crippen LogP contribution in [-0.4, -0.2) is 27.1 Å². The lowest BCUT2D eigenvalue weighted by atomic mass is 10.1. The van der Waals surface area contributed by atoms with Gasteiger partial charge in [-0.05, 0) is 18.1 Å². The van der Waals surface area contributed by atoms with Crippen LogP contribution in [0.4, 0.5) is 13.2 Å². The second kappa shape index (κ2) is 5.40. The minimum absolute atomic E-state index is 0.147. The molecule has 106 valence electrons. The maximum absolute atomic E-state index is 12.1. The molecule has 0 unspecified atom stereocenters. The highest BCUT2D eigenvalue weighted by Crippen LogP contribution is 2.22. The topological polar surface area (TPSA) is 68.9 Å². The van der Waals surface area contributed by atoms with Crippen LogP contribution in [0.1, 0.15) is 18.4 Å². The van der Waals surface area contributed by atoms with Gasteiger partial charge in [0.2, 0.25) is 17.5 Å². The highest BCUT2D eigenvalue weighted by atomic mass is 19.4. The third kappa shape index (κ3) is 3.01. The summed E-state index contributed by atoms with van der Waals surface area (Å²) in [5.74, 6) is -2.13. The Hall–Kier alpha value is -2.25. The number of pyridine rings is 1. The van der Waals surface area contributed by atoms with Gasteiger partial charge in [-0.1, -0.05) is 12.1 Å². The molecular formula is C12H10F3N3O2. The van der Waals surface area contributed by atoms with E-state index in [2.05, 4.69) is 19.6 Å². The van der Waals surface area contributed by atoms with Crippen molar-refractivity contribution in [3.8, 4) is 11.4 Å². The van der Waals surface area contributed by atoms with Crippen LogP contribution < -0.4 is 0 Å². The summed E-state index contributed by atoms with van der Waals surface area (Å²) in [4.78, 5) is 18.6. The van der Waals surface area contributed by atoms with Crippen molar-refractivity contribution in [3.63, 3.8) is 0 Å². The normalized spacial score (nSPS) is 11.6. The molecule has 20 heavy (non-hydrogen) atoms. The number of carbonyl (C=O) groups is 1. The van der Waals surface area contributed by atoms with Gasteiger partial charge in [-0.15, -0.1) is 0 Å². The standard InChI is InChI=1S/C12H10F3N3O2/c1-2-7-6-16-4-3-8(7)11-17-10(20-18-11)5-9(19)12(13,14)15/h3-4,6H,2,5H2,1H3. The van der Waals surface area contributed by atoms with Crippen LogP contribution in [-0.2, 0) is 17.6 Å². The number of Topliss-reactive ketones (excluding diaryl/α,β-unsaturated/α-hetero) is 1. The molecule has 0 radical (unpaired) electrons. The molecule has 8 heteroatoms. The Morgan fingerprint density at radius 1 is 1.40 bits per heavy atom. The number of rotatable bonds is 4. The first-order valence-electron chi connectivity index (χ1n) is 5.77. The summed E-state index contributed by atoms with van der Waals surface area (Å²) in [6, 6.07) is 1.64. The molecule has 0 bridgehead atoms. The van der Waals surface area contributed by atoms with E-state index >= 15 is 0 Å². The molecule has 0 aliphatic rings. The molecule has 2 aromatic rings. The second-order valence-electron chi connectivity index (χ2n) is 4.00. The van der Waals surface area contributed by atoms with Crippen LogP contribution >= 0.6 is 0 Å². The second-order valence-corrected chi connectivity index (χ2v) is 4.00. The van der Waals surface area contributed by atoms with Crippen molar-refractivity contribution in [3.05, 3.63) is 29.9 Å². The molecular weight excluding hydrogens is 275 g/mol. The van der Waals surface area contributed by atoms with Gasteiger partial charge in [-0.25, -0.2) is 0 Å². The Labute approximate surface area is 111 Å². The SMILES string of the molecule is CCc1cnccc1-c1noc(CC(=O)C(F)(F)F)n1. The third-order valence-electron chi connectivity index (χ3n) is 2.62.